The second-order valence-electron chi connectivity index (χ2n) is 8.90. The molecule has 0 radical (unpaired) electrons. The molecule has 2 aromatic carbocycles. The van der Waals surface area contributed by atoms with Gasteiger partial charge in [0.2, 0.25) is 0 Å². The topological polar surface area (TPSA) is 58.1 Å². The van der Waals surface area contributed by atoms with E-state index in [9.17, 15) is 0 Å². The predicted molar refractivity (Wildman–Crippen MR) is 129 cm³/mol. The molecule has 32 heavy (non-hydrogen) atoms. The number of hydrogen-bond acceptors (Lipinski definition) is 4. The summed E-state index contributed by atoms with van der Waals surface area (Å²) in [6.07, 6.45) is 3.49. The van der Waals surface area contributed by atoms with Gasteiger partial charge in [-0.2, -0.15) is 0 Å². The predicted octanol–water partition coefficient (Wildman–Crippen LogP) is 3.95. The lowest BCUT2D eigenvalue weighted by atomic mass is 10.0. The first kappa shape index (κ1) is 22.6. The van der Waals surface area contributed by atoms with Crippen LogP contribution in [0.4, 0.5) is 0 Å². The molecule has 0 aliphatic carbocycles. The Bertz CT molecular complexity index is 887. The maximum atomic E-state index is 6.16. The van der Waals surface area contributed by atoms with E-state index in [2.05, 4.69) is 45.6 Å². The van der Waals surface area contributed by atoms with Crippen LogP contribution in [-0.4, -0.2) is 56.8 Å². The number of piperidine rings is 1. The van der Waals surface area contributed by atoms with Gasteiger partial charge in [-0.25, -0.2) is 0 Å². The number of guanidine groups is 1. The van der Waals surface area contributed by atoms with Crippen molar-refractivity contribution in [2.75, 3.05) is 39.9 Å². The standard InChI is InChI=1S/C26H36N4O2/c1-20-6-5-8-24(16-20)32-25-9-4-3-7-22(25)17-28-26(27-2)29-23-10-13-30(14-11-23)18-21-12-15-31-19-21/h3-9,16,21,23H,10-15,17-19H2,1-2H3,(H2,27,28,29). The molecule has 4 rings (SSSR count). The number of nitrogens with zero attached hydrogens (tertiary/aromatic N) is 2. The molecule has 2 saturated heterocycles. The summed E-state index contributed by atoms with van der Waals surface area (Å²) in [5, 5.41) is 7.08. The molecule has 2 aliphatic heterocycles. The molecule has 1 unspecified atom stereocenters. The smallest absolute Gasteiger partial charge is 0.191 e. The highest BCUT2D eigenvalue weighted by atomic mass is 16.5. The first-order chi connectivity index (χ1) is 15.7. The van der Waals surface area contributed by atoms with E-state index in [-0.39, 0.29) is 0 Å². The Morgan fingerprint density at radius 1 is 1.12 bits per heavy atom. The molecule has 2 aromatic rings. The molecule has 6 nitrogen and oxygen atoms in total. The lowest BCUT2D eigenvalue weighted by Gasteiger charge is -2.34. The van der Waals surface area contributed by atoms with Crippen molar-refractivity contribution in [3.8, 4) is 11.5 Å². The Morgan fingerprint density at radius 3 is 2.72 bits per heavy atom. The number of likely N-dealkylation sites (tertiary alicyclic amines) is 1. The van der Waals surface area contributed by atoms with Gasteiger partial charge in [-0.05, 0) is 55.9 Å². The van der Waals surface area contributed by atoms with Crippen LogP contribution in [0.3, 0.4) is 0 Å². The number of nitrogens with one attached hydrogen (secondary N) is 2. The Morgan fingerprint density at radius 2 is 1.97 bits per heavy atom. The van der Waals surface area contributed by atoms with E-state index in [0.29, 0.717) is 12.6 Å². The third-order valence-corrected chi connectivity index (χ3v) is 6.33. The molecule has 172 valence electrons. The minimum atomic E-state index is 0.455. The number of aryl methyl sites for hydroxylation is 1. The second-order valence-corrected chi connectivity index (χ2v) is 8.90. The quantitative estimate of drug-likeness (QED) is 0.508. The van der Waals surface area contributed by atoms with Crippen LogP contribution in [0.25, 0.3) is 0 Å². The van der Waals surface area contributed by atoms with Gasteiger partial charge in [0.05, 0.1) is 6.61 Å². The van der Waals surface area contributed by atoms with Crippen molar-refractivity contribution in [2.45, 2.75) is 38.8 Å². The highest BCUT2D eigenvalue weighted by Gasteiger charge is 2.24. The van der Waals surface area contributed by atoms with Gasteiger partial charge < -0.3 is 25.0 Å². The normalized spacial score (nSPS) is 20.3. The summed E-state index contributed by atoms with van der Waals surface area (Å²) < 4.78 is 11.7. The van der Waals surface area contributed by atoms with Crippen molar-refractivity contribution < 1.29 is 9.47 Å². The Kier molecular flexibility index (Phi) is 8.02. The maximum Gasteiger partial charge on any atom is 0.191 e. The first-order valence-corrected chi connectivity index (χ1v) is 11.8. The molecule has 0 amide bonds. The van der Waals surface area contributed by atoms with Crippen LogP contribution in [-0.2, 0) is 11.3 Å². The van der Waals surface area contributed by atoms with Gasteiger partial charge in [-0.3, -0.25) is 4.99 Å². The molecule has 6 heteroatoms. The van der Waals surface area contributed by atoms with Crippen molar-refractivity contribution in [3.05, 3.63) is 59.7 Å². The van der Waals surface area contributed by atoms with Gasteiger partial charge in [0.25, 0.3) is 0 Å². The number of aliphatic imine (C=N–C) groups is 1. The fourth-order valence-electron chi connectivity index (χ4n) is 4.47. The zero-order valence-electron chi connectivity index (χ0n) is 19.3. The lowest BCUT2D eigenvalue weighted by molar-refractivity contribution is 0.150. The van der Waals surface area contributed by atoms with Crippen LogP contribution >= 0.6 is 0 Å². The lowest BCUT2D eigenvalue weighted by Crippen LogP contribution is -2.49. The number of rotatable bonds is 7. The monoisotopic (exact) mass is 436 g/mol. The fraction of sp³-hybridized carbons (Fsp3) is 0.500. The minimum Gasteiger partial charge on any atom is -0.457 e. The zero-order chi connectivity index (χ0) is 22.2. The van der Waals surface area contributed by atoms with Gasteiger partial charge in [-0.15, -0.1) is 0 Å². The van der Waals surface area contributed by atoms with Gasteiger partial charge in [0.15, 0.2) is 5.96 Å². The van der Waals surface area contributed by atoms with E-state index >= 15 is 0 Å². The highest BCUT2D eigenvalue weighted by Crippen LogP contribution is 2.26. The Labute approximate surface area is 192 Å². The van der Waals surface area contributed by atoms with E-state index < -0.39 is 0 Å². The summed E-state index contributed by atoms with van der Waals surface area (Å²) in [5.41, 5.74) is 2.29. The number of benzene rings is 2. The number of ether oxygens (including phenoxy) is 2. The van der Waals surface area contributed by atoms with Gasteiger partial charge >= 0.3 is 0 Å². The van der Waals surface area contributed by atoms with Gasteiger partial charge in [0, 0.05) is 51.4 Å². The van der Waals surface area contributed by atoms with Crippen LogP contribution in [0.15, 0.2) is 53.5 Å². The minimum absolute atomic E-state index is 0.455. The summed E-state index contributed by atoms with van der Waals surface area (Å²) in [5.74, 6) is 3.29. The molecule has 2 aliphatic rings. The molecule has 0 saturated carbocycles. The summed E-state index contributed by atoms with van der Waals surface area (Å²) in [7, 11) is 1.83. The van der Waals surface area contributed by atoms with E-state index in [1.54, 1.807) is 0 Å². The molecule has 0 spiro atoms. The van der Waals surface area contributed by atoms with Crippen LogP contribution < -0.4 is 15.4 Å². The van der Waals surface area contributed by atoms with Crippen LogP contribution in [0.2, 0.25) is 0 Å². The average Bonchev–Trinajstić information content (AvgIpc) is 3.32. The third-order valence-electron chi connectivity index (χ3n) is 6.33. The van der Waals surface area contributed by atoms with Gasteiger partial charge in [0.1, 0.15) is 11.5 Å². The second kappa shape index (κ2) is 11.3. The van der Waals surface area contributed by atoms with Crippen LogP contribution in [0, 0.1) is 12.8 Å². The Balaban J connectivity index is 1.26. The van der Waals surface area contributed by atoms with Crippen molar-refractivity contribution in [1.29, 1.82) is 0 Å². The summed E-state index contributed by atoms with van der Waals surface area (Å²) in [4.78, 5) is 7.04. The highest BCUT2D eigenvalue weighted by molar-refractivity contribution is 5.80. The molecule has 2 N–H and O–H groups in total. The van der Waals surface area contributed by atoms with Gasteiger partial charge in [-0.1, -0.05) is 30.3 Å². The number of para-hydroxylation sites is 1. The molecular formula is C26H36N4O2. The molecule has 0 bridgehead atoms. The summed E-state index contributed by atoms with van der Waals surface area (Å²) in [6.45, 7) is 8.05. The molecule has 1 atom stereocenters. The van der Waals surface area contributed by atoms with E-state index in [1.165, 1.54) is 18.5 Å². The molecule has 2 heterocycles. The zero-order valence-corrected chi connectivity index (χ0v) is 19.3. The Hall–Kier alpha value is -2.57. The summed E-state index contributed by atoms with van der Waals surface area (Å²) >= 11 is 0. The first-order valence-electron chi connectivity index (χ1n) is 11.8. The van der Waals surface area contributed by atoms with Crippen molar-refractivity contribution >= 4 is 5.96 Å². The SMILES string of the molecule is CN=C(NCc1ccccc1Oc1cccc(C)c1)NC1CCN(CC2CCOC2)CC1. The van der Waals surface area contributed by atoms with Crippen molar-refractivity contribution in [2.24, 2.45) is 10.9 Å². The maximum absolute atomic E-state index is 6.16. The van der Waals surface area contributed by atoms with E-state index in [4.69, 9.17) is 9.47 Å². The van der Waals surface area contributed by atoms with Crippen molar-refractivity contribution in [1.82, 2.24) is 15.5 Å². The van der Waals surface area contributed by atoms with Crippen LogP contribution in [0.1, 0.15) is 30.4 Å². The average molecular weight is 437 g/mol. The third kappa shape index (κ3) is 6.47. The van der Waals surface area contributed by atoms with Crippen LogP contribution in [0.5, 0.6) is 11.5 Å². The summed E-state index contributed by atoms with van der Waals surface area (Å²) in [6, 6.07) is 16.7. The van der Waals surface area contributed by atoms with E-state index in [1.807, 2.05) is 37.4 Å². The van der Waals surface area contributed by atoms with Crippen molar-refractivity contribution in [3.63, 3.8) is 0 Å². The fourth-order valence-corrected chi connectivity index (χ4v) is 4.47. The molecule has 0 aromatic heterocycles. The number of hydrogen-bond donors (Lipinski definition) is 2. The molecular weight excluding hydrogens is 400 g/mol. The largest absolute Gasteiger partial charge is 0.457 e. The van der Waals surface area contributed by atoms with E-state index in [0.717, 1.165) is 68.1 Å². The molecule has 2 fully saturated rings.